The number of carbonyl (C=O) groups is 1. The first-order valence-corrected chi connectivity index (χ1v) is 9.52. The quantitative estimate of drug-likeness (QED) is 0.901. The summed E-state index contributed by atoms with van der Waals surface area (Å²) < 4.78 is 32.3. The first kappa shape index (κ1) is 18.9. The second-order valence-corrected chi connectivity index (χ2v) is 9.19. The average molecular weight is 354 g/mol. The number of hydrogen-bond acceptors (Lipinski definition) is 4. The molecule has 1 fully saturated rings. The molecule has 1 aromatic rings. The fourth-order valence-corrected chi connectivity index (χ4v) is 4.23. The van der Waals surface area contributed by atoms with Gasteiger partial charge in [0, 0.05) is 25.2 Å². The van der Waals surface area contributed by atoms with Gasteiger partial charge >= 0.3 is 0 Å². The van der Waals surface area contributed by atoms with Crippen LogP contribution in [0.1, 0.15) is 32.8 Å². The number of aryl methyl sites for hydroxylation is 1. The number of benzene rings is 1. The molecule has 2 rings (SSSR count). The van der Waals surface area contributed by atoms with Crippen LogP contribution in [0, 0.1) is 12.3 Å². The number of anilines is 1. The third-order valence-corrected chi connectivity index (χ3v) is 5.79. The molecule has 1 aromatic carbocycles. The Morgan fingerprint density at radius 3 is 2.46 bits per heavy atom. The summed E-state index contributed by atoms with van der Waals surface area (Å²) in [5, 5.41) is 2.79. The fraction of sp³-hybridized carbons (Fsp3) is 0.588. The Morgan fingerprint density at radius 2 is 1.88 bits per heavy atom. The molecule has 0 spiro atoms. The van der Waals surface area contributed by atoms with E-state index in [0.29, 0.717) is 44.0 Å². The Balaban J connectivity index is 2.23. The SMILES string of the molecule is Cc1ccc(NC(=O)CC(C)(C)C)cc1S(=O)(=O)N1CCOCC1. The zero-order valence-corrected chi connectivity index (χ0v) is 15.6. The standard InChI is InChI=1S/C17H26N2O4S/c1-13-5-6-14(18-16(20)12-17(2,3)4)11-15(13)24(21,22)19-7-9-23-10-8-19/h5-6,11H,7-10,12H2,1-4H3,(H,18,20). The third kappa shape index (κ3) is 4.78. The highest BCUT2D eigenvalue weighted by Gasteiger charge is 2.28. The van der Waals surface area contributed by atoms with Crippen LogP contribution in [0.25, 0.3) is 0 Å². The van der Waals surface area contributed by atoms with E-state index in [2.05, 4.69) is 5.32 Å². The van der Waals surface area contributed by atoms with E-state index in [1.54, 1.807) is 25.1 Å². The maximum Gasteiger partial charge on any atom is 0.243 e. The van der Waals surface area contributed by atoms with E-state index in [9.17, 15) is 13.2 Å². The maximum absolute atomic E-state index is 12.8. The van der Waals surface area contributed by atoms with E-state index in [-0.39, 0.29) is 16.2 Å². The molecule has 0 aliphatic carbocycles. The van der Waals surface area contributed by atoms with Gasteiger partial charge in [-0.1, -0.05) is 26.8 Å². The van der Waals surface area contributed by atoms with Crippen molar-refractivity contribution in [3.05, 3.63) is 23.8 Å². The molecule has 0 atom stereocenters. The highest BCUT2D eigenvalue weighted by molar-refractivity contribution is 7.89. The van der Waals surface area contributed by atoms with Crippen LogP contribution in [-0.2, 0) is 19.6 Å². The molecule has 1 aliphatic heterocycles. The fourth-order valence-electron chi connectivity index (χ4n) is 2.57. The number of amides is 1. The Bertz CT molecular complexity index is 702. The lowest BCUT2D eigenvalue weighted by Crippen LogP contribution is -2.40. The van der Waals surface area contributed by atoms with Crippen molar-refractivity contribution in [3.8, 4) is 0 Å². The summed E-state index contributed by atoms with van der Waals surface area (Å²) in [5.74, 6) is -0.124. The second kappa shape index (κ2) is 7.21. The van der Waals surface area contributed by atoms with Gasteiger partial charge in [0.25, 0.3) is 0 Å². The normalized spacial score (nSPS) is 16.8. The van der Waals surface area contributed by atoms with Gasteiger partial charge in [0.1, 0.15) is 0 Å². The Morgan fingerprint density at radius 1 is 1.25 bits per heavy atom. The number of rotatable bonds is 4. The lowest BCUT2D eigenvalue weighted by atomic mass is 9.92. The van der Waals surface area contributed by atoms with Gasteiger partial charge in [0.15, 0.2) is 0 Å². The molecule has 1 heterocycles. The molecule has 1 saturated heterocycles. The van der Waals surface area contributed by atoms with Crippen LogP contribution >= 0.6 is 0 Å². The molecule has 0 unspecified atom stereocenters. The van der Waals surface area contributed by atoms with Gasteiger partial charge in [-0.2, -0.15) is 4.31 Å². The number of nitrogens with one attached hydrogen (secondary N) is 1. The van der Waals surface area contributed by atoms with Crippen molar-refractivity contribution in [2.45, 2.75) is 39.0 Å². The minimum atomic E-state index is -3.58. The summed E-state index contributed by atoms with van der Waals surface area (Å²) >= 11 is 0. The Kier molecular flexibility index (Phi) is 5.67. The Hall–Kier alpha value is -1.44. The highest BCUT2D eigenvalue weighted by Crippen LogP contribution is 2.25. The minimum absolute atomic E-state index is 0.124. The molecular formula is C17H26N2O4S. The molecule has 0 saturated carbocycles. The summed E-state index contributed by atoms with van der Waals surface area (Å²) in [6.45, 7) is 9.21. The van der Waals surface area contributed by atoms with Crippen LogP contribution in [0.2, 0.25) is 0 Å². The first-order valence-electron chi connectivity index (χ1n) is 8.08. The van der Waals surface area contributed by atoms with Gasteiger partial charge < -0.3 is 10.1 Å². The first-order chi connectivity index (χ1) is 11.1. The zero-order chi connectivity index (χ0) is 18.0. The number of carbonyl (C=O) groups excluding carboxylic acids is 1. The summed E-state index contributed by atoms with van der Waals surface area (Å²) in [5.41, 5.74) is 1.04. The predicted molar refractivity (Wildman–Crippen MR) is 93.5 cm³/mol. The van der Waals surface area contributed by atoms with E-state index in [0.717, 1.165) is 0 Å². The molecular weight excluding hydrogens is 328 g/mol. The van der Waals surface area contributed by atoms with Crippen LogP contribution in [0.15, 0.2) is 23.1 Å². The highest BCUT2D eigenvalue weighted by atomic mass is 32.2. The van der Waals surface area contributed by atoms with Crippen LogP contribution in [-0.4, -0.2) is 44.9 Å². The van der Waals surface area contributed by atoms with Gasteiger partial charge in [0.05, 0.1) is 18.1 Å². The minimum Gasteiger partial charge on any atom is -0.379 e. The largest absolute Gasteiger partial charge is 0.379 e. The maximum atomic E-state index is 12.8. The molecule has 6 nitrogen and oxygen atoms in total. The van der Waals surface area contributed by atoms with E-state index < -0.39 is 10.0 Å². The number of morpholine rings is 1. The molecule has 134 valence electrons. The number of hydrogen-bond donors (Lipinski definition) is 1. The van der Waals surface area contributed by atoms with Gasteiger partial charge in [-0.25, -0.2) is 8.42 Å². The van der Waals surface area contributed by atoms with Crippen LogP contribution in [0.5, 0.6) is 0 Å². The molecule has 0 bridgehead atoms. The zero-order valence-electron chi connectivity index (χ0n) is 14.8. The van der Waals surface area contributed by atoms with Gasteiger partial charge in [-0.3, -0.25) is 4.79 Å². The van der Waals surface area contributed by atoms with E-state index in [1.165, 1.54) is 4.31 Å². The van der Waals surface area contributed by atoms with Gasteiger partial charge in [-0.15, -0.1) is 0 Å². The van der Waals surface area contributed by atoms with Gasteiger partial charge in [-0.05, 0) is 30.0 Å². The molecule has 1 N–H and O–H groups in total. The van der Waals surface area contributed by atoms with Crippen molar-refractivity contribution in [2.24, 2.45) is 5.41 Å². The topological polar surface area (TPSA) is 75.7 Å². The third-order valence-electron chi connectivity index (χ3n) is 3.75. The second-order valence-electron chi connectivity index (χ2n) is 7.28. The van der Waals surface area contributed by atoms with Crippen molar-refractivity contribution in [3.63, 3.8) is 0 Å². The average Bonchev–Trinajstić information content (AvgIpc) is 2.48. The van der Waals surface area contributed by atoms with Crippen molar-refractivity contribution in [1.82, 2.24) is 4.31 Å². The summed E-state index contributed by atoms with van der Waals surface area (Å²) in [4.78, 5) is 12.3. The van der Waals surface area contributed by atoms with Crippen molar-refractivity contribution in [2.75, 3.05) is 31.6 Å². The molecule has 0 radical (unpaired) electrons. The predicted octanol–water partition coefficient (Wildman–Crippen LogP) is 2.39. The molecule has 1 aliphatic rings. The van der Waals surface area contributed by atoms with Crippen LogP contribution in [0.4, 0.5) is 5.69 Å². The van der Waals surface area contributed by atoms with Crippen LogP contribution in [0.3, 0.4) is 0 Å². The van der Waals surface area contributed by atoms with Crippen LogP contribution < -0.4 is 5.32 Å². The summed E-state index contributed by atoms with van der Waals surface area (Å²) in [6, 6.07) is 4.99. The molecule has 24 heavy (non-hydrogen) atoms. The molecule has 7 heteroatoms. The summed E-state index contributed by atoms with van der Waals surface area (Å²) in [6.07, 6.45) is 0.367. The monoisotopic (exact) mass is 354 g/mol. The molecule has 1 amide bonds. The number of sulfonamides is 1. The smallest absolute Gasteiger partial charge is 0.243 e. The summed E-state index contributed by atoms with van der Waals surface area (Å²) in [7, 11) is -3.58. The molecule has 0 aromatic heterocycles. The van der Waals surface area contributed by atoms with E-state index in [1.807, 2.05) is 20.8 Å². The lowest BCUT2D eigenvalue weighted by Gasteiger charge is -2.27. The van der Waals surface area contributed by atoms with Crippen molar-refractivity contribution in [1.29, 1.82) is 0 Å². The van der Waals surface area contributed by atoms with Crippen molar-refractivity contribution < 1.29 is 17.9 Å². The van der Waals surface area contributed by atoms with Gasteiger partial charge in [0.2, 0.25) is 15.9 Å². The van der Waals surface area contributed by atoms with Crippen molar-refractivity contribution >= 4 is 21.6 Å². The van der Waals surface area contributed by atoms with E-state index >= 15 is 0 Å². The number of ether oxygens (including phenoxy) is 1. The Labute approximate surface area is 144 Å². The van der Waals surface area contributed by atoms with E-state index in [4.69, 9.17) is 4.74 Å². The number of nitrogens with zero attached hydrogens (tertiary/aromatic N) is 1. The lowest BCUT2D eigenvalue weighted by molar-refractivity contribution is -0.117.